The summed E-state index contributed by atoms with van der Waals surface area (Å²) in [5, 5.41) is 9.04. The van der Waals surface area contributed by atoms with Gasteiger partial charge in [-0.15, -0.1) is 11.3 Å². The van der Waals surface area contributed by atoms with Crippen LogP contribution in [0.5, 0.6) is 0 Å². The number of rotatable bonds is 2. The maximum atomic E-state index is 12.8. The molecule has 8 heteroatoms. The zero-order valence-electron chi connectivity index (χ0n) is 7.78. The highest BCUT2D eigenvalue weighted by Gasteiger charge is 2.63. The molecule has 0 aliphatic carbocycles. The molecule has 0 radical (unpaired) electrons. The Bertz CT molecular complexity index is 367. The molecule has 0 fully saturated rings. The van der Waals surface area contributed by atoms with Crippen LogP contribution in [-0.2, 0) is 0 Å². The molecule has 0 saturated heterocycles. The van der Waals surface area contributed by atoms with Gasteiger partial charge in [0.15, 0.2) is 6.10 Å². The highest BCUT2D eigenvalue weighted by molar-refractivity contribution is 9.11. The van der Waals surface area contributed by atoms with E-state index in [1.165, 1.54) is 6.92 Å². The zero-order valence-corrected chi connectivity index (χ0v) is 10.2. The number of alkyl halides is 5. The quantitative estimate of drug-likeness (QED) is 0.814. The fraction of sp³-hybridized carbons (Fsp3) is 0.500. The van der Waals surface area contributed by atoms with Gasteiger partial charge in [0, 0.05) is 4.88 Å². The van der Waals surface area contributed by atoms with Crippen LogP contribution >= 0.6 is 27.3 Å². The molecule has 92 valence electrons. The molecule has 16 heavy (non-hydrogen) atoms. The Hall–Kier alpha value is -0.210. The number of hydrogen-bond acceptors (Lipinski definition) is 2. The Labute approximate surface area is 100 Å². The van der Waals surface area contributed by atoms with E-state index in [9.17, 15) is 22.0 Å². The third-order valence-corrected chi connectivity index (χ3v) is 4.06. The molecule has 0 aliphatic rings. The van der Waals surface area contributed by atoms with E-state index in [-0.39, 0.29) is 0 Å². The summed E-state index contributed by atoms with van der Waals surface area (Å²) in [7, 11) is 0. The lowest BCUT2D eigenvalue weighted by atomic mass is 10.1. The molecule has 0 amide bonds. The van der Waals surface area contributed by atoms with Crippen LogP contribution < -0.4 is 0 Å². The Kier molecular flexibility index (Phi) is 3.66. The van der Waals surface area contributed by atoms with Crippen molar-refractivity contribution in [3.05, 3.63) is 20.3 Å². The van der Waals surface area contributed by atoms with Gasteiger partial charge in [0.25, 0.3) is 0 Å². The van der Waals surface area contributed by atoms with Gasteiger partial charge in [-0.05, 0) is 34.5 Å². The predicted octanol–water partition coefficient (Wildman–Crippen LogP) is 4.05. The highest BCUT2D eigenvalue weighted by Crippen LogP contribution is 2.46. The Balaban J connectivity index is 3.07. The monoisotopic (exact) mass is 324 g/mol. The van der Waals surface area contributed by atoms with Gasteiger partial charge in [0.1, 0.15) is 0 Å². The summed E-state index contributed by atoms with van der Waals surface area (Å²) in [6.07, 6.45) is -8.64. The second kappa shape index (κ2) is 4.23. The smallest absolute Gasteiger partial charge is 0.381 e. The van der Waals surface area contributed by atoms with E-state index in [0.717, 1.165) is 6.07 Å². The highest BCUT2D eigenvalue weighted by atomic mass is 79.9. The number of aliphatic hydroxyl groups excluding tert-OH is 1. The molecule has 0 aromatic carbocycles. The lowest BCUT2D eigenvalue weighted by Crippen LogP contribution is -2.41. The Morgan fingerprint density at radius 3 is 2.12 bits per heavy atom. The molecule has 1 unspecified atom stereocenters. The topological polar surface area (TPSA) is 20.2 Å². The summed E-state index contributed by atoms with van der Waals surface area (Å²) < 4.78 is 61.8. The van der Waals surface area contributed by atoms with E-state index in [2.05, 4.69) is 15.9 Å². The summed E-state index contributed by atoms with van der Waals surface area (Å²) in [4.78, 5) is -0.424. The van der Waals surface area contributed by atoms with Crippen molar-refractivity contribution in [2.75, 3.05) is 0 Å². The van der Waals surface area contributed by atoms with Gasteiger partial charge in [-0.1, -0.05) is 0 Å². The number of hydrogen-bond donors (Lipinski definition) is 1. The predicted molar refractivity (Wildman–Crippen MR) is 52.7 cm³/mol. The summed E-state index contributed by atoms with van der Waals surface area (Å²) in [6.45, 7) is 1.53. The lowest BCUT2D eigenvalue weighted by molar-refractivity contribution is -0.314. The van der Waals surface area contributed by atoms with E-state index in [1.807, 2.05) is 0 Å². The van der Waals surface area contributed by atoms with Crippen molar-refractivity contribution in [2.24, 2.45) is 0 Å². The summed E-state index contributed by atoms with van der Waals surface area (Å²) in [5.41, 5.74) is 0.497. The van der Waals surface area contributed by atoms with Gasteiger partial charge in [-0.3, -0.25) is 0 Å². The first kappa shape index (κ1) is 13.9. The van der Waals surface area contributed by atoms with E-state index < -0.39 is 23.1 Å². The summed E-state index contributed by atoms with van der Waals surface area (Å²) >= 11 is 3.63. The van der Waals surface area contributed by atoms with Crippen LogP contribution in [0.25, 0.3) is 0 Å². The number of aliphatic hydroxyl groups is 1. The second-order valence-corrected chi connectivity index (χ2v) is 5.53. The molecule has 0 spiro atoms. The van der Waals surface area contributed by atoms with Crippen molar-refractivity contribution in [1.29, 1.82) is 0 Å². The minimum atomic E-state index is -5.77. The van der Waals surface area contributed by atoms with Crippen molar-refractivity contribution in [1.82, 2.24) is 0 Å². The molecule has 1 rings (SSSR count). The third-order valence-electron chi connectivity index (χ3n) is 1.87. The van der Waals surface area contributed by atoms with Crippen molar-refractivity contribution in [3.8, 4) is 0 Å². The zero-order chi connectivity index (χ0) is 12.7. The van der Waals surface area contributed by atoms with Crippen LogP contribution in [-0.4, -0.2) is 17.2 Å². The van der Waals surface area contributed by atoms with Gasteiger partial charge >= 0.3 is 12.1 Å². The van der Waals surface area contributed by atoms with Crippen LogP contribution in [0.1, 0.15) is 16.5 Å². The molecule has 0 bridgehead atoms. The van der Waals surface area contributed by atoms with Crippen molar-refractivity contribution in [3.63, 3.8) is 0 Å². The van der Waals surface area contributed by atoms with Crippen molar-refractivity contribution in [2.45, 2.75) is 25.1 Å². The van der Waals surface area contributed by atoms with Gasteiger partial charge in [0.05, 0.1) is 3.79 Å². The molecular formula is C8H6BrF5OS. The molecule has 0 saturated carbocycles. The van der Waals surface area contributed by atoms with E-state index in [0.29, 0.717) is 20.7 Å². The van der Waals surface area contributed by atoms with Gasteiger partial charge < -0.3 is 5.11 Å². The average Bonchev–Trinajstić information content (AvgIpc) is 2.43. The molecule has 1 aromatic rings. The molecule has 0 aliphatic heterocycles. The first-order chi connectivity index (χ1) is 7.07. The van der Waals surface area contributed by atoms with E-state index in [1.54, 1.807) is 0 Å². The van der Waals surface area contributed by atoms with Crippen LogP contribution in [0.15, 0.2) is 9.85 Å². The average molecular weight is 325 g/mol. The number of aryl methyl sites for hydroxylation is 1. The van der Waals surface area contributed by atoms with Crippen LogP contribution in [0.4, 0.5) is 22.0 Å². The second-order valence-electron chi connectivity index (χ2n) is 3.13. The minimum Gasteiger partial charge on any atom is -0.381 e. The lowest BCUT2D eigenvalue weighted by Gasteiger charge is -2.23. The third kappa shape index (κ3) is 2.38. The molecule has 1 aromatic heterocycles. The van der Waals surface area contributed by atoms with E-state index >= 15 is 0 Å². The largest absolute Gasteiger partial charge is 0.456 e. The molecule has 1 N–H and O–H groups in total. The Morgan fingerprint density at radius 2 is 1.81 bits per heavy atom. The molecule has 1 nitrogen and oxygen atoms in total. The van der Waals surface area contributed by atoms with Gasteiger partial charge in [-0.2, -0.15) is 22.0 Å². The molecular weight excluding hydrogens is 319 g/mol. The van der Waals surface area contributed by atoms with Crippen LogP contribution in [0.2, 0.25) is 0 Å². The number of thiophene rings is 1. The summed E-state index contributed by atoms with van der Waals surface area (Å²) in [5.74, 6) is -5.15. The van der Waals surface area contributed by atoms with Crippen LogP contribution in [0, 0.1) is 6.92 Å². The minimum absolute atomic E-state index is 0.416. The maximum absolute atomic E-state index is 12.8. The van der Waals surface area contributed by atoms with Gasteiger partial charge in [0.2, 0.25) is 0 Å². The molecule has 1 atom stereocenters. The van der Waals surface area contributed by atoms with Crippen molar-refractivity contribution < 1.29 is 27.1 Å². The first-order valence-corrected chi connectivity index (χ1v) is 5.56. The van der Waals surface area contributed by atoms with E-state index in [4.69, 9.17) is 5.11 Å². The molecule has 1 heterocycles. The normalized spacial score (nSPS) is 15.2. The standard InChI is InChI=1S/C8H6BrF5OS/c1-3-2-4(16-6(3)9)5(15)7(10,11)8(12,13)14/h2,5,15H,1H3. The fourth-order valence-corrected chi connectivity index (χ4v) is 2.55. The SMILES string of the molecule is Cc1cc(C(O)C(F)(F)C(F)(F)F)sc1Br. The number of halogens is 6. The van der Waals surface area contributed by atoms with Crippen LogP contribution in [0.3, 0.4) is 0 Å². The Morgan fingerprint density at radius 1 is 1.31 bits per heavy atom. The first-order valence-electron chi connectivity index (χ1n) is 3.96. The van der Waals surface area contributed by atoms with Crippen molar-refractivity contribution >= 4 is 27.3 Å². The summed E-state index contributed by atoms with van der Waals surface area (Å²) in [6, 6.07) is 1.10. The maximum Gasteiger partial charge on any atom is 0.456 e. The van der Waals surface area contributed by atoms with Gasteiger partial charge in [-0.25, -0.2) is 0 Å². The fourth-order valence-electron chi connectivity index (χ4n) is 0.952.